The number of thioether (sulfide) groups is 1. The third-order valence-electron chi connectivity index (χ3n) is 5.59. The minimum Gasteiger partial charge on any atom is -0.383 e. The molecule has 0 radical (unpaired) electrons. The first-order valence-corrected chi connectivity index (χ1v) is 12.7. The van der Waals surface area contributed by atoms with Crippen LogP contribution in [0.5, 0.6) is 0 Å². The largest absolute Gasteiger partial charge is 0.383 e. The van der Waals surface area contributed by atoms with Crippen molar-refractivity contribution in [1.82, 2.24) is 19.3 Å². The SMILES string of the molecule is COCC(C)n1c(C)cc(C(=O)CSc2nnc(Cc3cccs3)n2-c2ccccc2)c1C. The number of aryl methyl sites for hydroxylation is 1. The van der Waals surface area contributed by atoms with Crippen LogP contribution < -0.4 is 0 Å². The van der Waals surface area contributed by atoms with Gasteiger partial charge in [-0.15, -0.1) is 21.5 Å². The highest BCUT2D eigenvalue weighted by Gasteiger charge is 2.21. The number of benzene rings is 1. The van der Waals surface area contributed by atoms with Crippen LogP contribution in [0.2, 0.25) is 0 Å². The number of ether oxygens (including phenoxy) is 1. The summed E-state index contributed by atoms with van der Waals surface area (Å²) in [6.45, 7) is 6.74. The zero-order chi connectivity index (χ0) is 23.4. The molecule has 4 rings (SSSR count). The van der Waals surface area contributed by atoms with Crippen molar-refractivity contribution >= 4 is 28.9 Å². The standard InChI is InChI=1S/C25H28N4O2S2/c1-17-13-22(19(3)28(17)18(2)15-31-4)23(30)16-33-25-27-26-24(14-21-11-8-12-32-21)29(25)20-9-6-5-7-10-20/h5-13,18H,14-16H2,1-4H3. The number of ketones is 1. The number of carbonyl (C=O) groups is 1. The molecule has 0 saturated heterocycles. The molecule has 0 fully saturated rings. The maximum Gasteiger partial charge on any atom is 0.196 e. The molecule has 33 heavy (non-hydrogen) atoms. The van der Waals surface area contributed by atoms with E-state index in [4.69, 9.17) is 4.74 Å². The van der Waals surface area contributed by atoms with Gasteiger partial charge in [0.05, 0.1) is 18.4 Å². The van der Waals surface area contributed by atoms with Gasteiger partial charge in [-0.3, -0.25) is 9.36 Å². The molecule has 1 unspecified atom stereocenters. The van der Waals surface area contributed by atoms with Crippen LogP contribution in [-0.4, -0.2) is 44.6 Å². The van der Waals surface area contributed by atoms with Gasteiger partial charge in [-0.25, -0.2) is 0 Å². The van der Waals surface area contributed by atoms with Crippen LogP contribution in [0.4, 0.5) is 0 Å². The lowest BCUT2D eigenvalue weighted by atomic mass is 10.2. The molecule has 0 amide bonds. The fraction of sp³-hybridized carbons (Fsp3) is 0.320. The van der Waals surface area contributed by atoms with E-state index in [1.807, 2.05) is 56.3 Å². The van der Waals surface area contributed by atoms with E-state index in [1.165, 1.54) is 16.6 Å². The summed E-state index contributed by atoms with van der Waals surface area (Å²) in [5.74, 6) is 1.25. The van der Waals surface area contributed by atoms with Crippen molar-refractivity contribution in [2.75, 3.05) is 19.5 Å². The molecule has 1 atom stereocenters. The third-order valence-corrected chi connectivity index (χ3v) is 7.40. The van der Waals surface area contributed by atoms with E-state index >= 15 is 0 Å². The minimum atomic E-state index is 0.0892. The van der Waals surface area contributed by atoms with Crippen molar-refractivity contribution in [2.24, 2.45) is 0 Å². The number of Topliss-reactive ketones (excluding diaryl/α,β-unsaturated/α-hetero) is 1. The van der Waals surface area contributed by atoms with Gasteiger partial charge in [0.1, 0.15) is 5.82 Å². The Hall–Kier alpha value is -2.68. The summed E-state index contributed by atoms with van der Waals surface area (Å²) in [6, 6.07) is 16.4. The third kappa shape index (κ3) is 5.13. The number of para-hydroxylation sites is 1. The number of thiophene rings is 1. The Morgan fingerprint density at radius 2 is 1.94 bits per heavy atom. The molecular formula is C25H28N4O2S2. The van der Waals surface area contributed by atoms with Gasteiger partial charge in [-0.2, -0.15) is 0 Å². The first-order valence-electron chi connectivity index (χ1n) is 10.8. The monoisotopic (exact) mass is 480 g/mol. The van der Waals surface area contributed by atoms with Crippen LogP contribution >= 0.6 is 23.1 Å². The van der Waals surface area contributed by atoms with Crippen LogP contribution in [0.1, 0.15) is 45.4 Å². The number of carbonyl (C=O) groups excluding carboxylic acids is 1. The summed E-state index contributed by atoms with van der Waals surface area (Å²) < 4.78 is 9.54. The second-order valence-electron chi connectivity index (χ2n) is 8.00. The molecule has 6 nitrogen and oxygen atoms in total. The number of methoxy groups -OCH3 is 1. The average Bonchev–Trinajstić information content (AvgIpc) is 3.53. The molecule has 4 aromatic rings. The van der Waals surface area contributed by atoms with E-state index < -0.39 is 0 Å². The summed E-state index contributed by atoms with van der Waals surface area (Å²) >= 11 is 3.13. The Morgan fingerprint density at radius 1 is 1.15 bits per heavy atom. The first kappa shape index (κ1) is 23.5. The summed E-state index contributed by atoms with van der Waals surface area (Å²) in [4.78, 5) is 14.4. The molecule has 0 aliphatic carbocycles. The maximum atomic E-state index is 13.2. The number of nitrogens with zero attached hydrogens (tertiary/aromatic N) is 4. The summed E-state index contributed by atoms with van der Waals surface area (Å²) in [5.41, 5.74) is 3.80. The molecule has 0 aliphatic rings. The lowest BCUT2D eigenvalue weighted by molar-refractivity contribution is 0.102. The van der Waals surface area contributed by atoms with Crippen LogP contribution in [-0.2, 0) is 11.2 Å². The van der Waals surface area contributed by atoms with Gasteiger partial charge < -0.3 is 9.30 Å². The van der Waals surface area contributed by atoms with Crippen LogP contribution in [0.25, 0.3) is 5.69 Å². The molecule has 0 spiro atoms. The van der Waals surface area contributed by atoms with E-state index in [9.17, 15) is 4.79 Å². The van der Waals surface area contributed by atoms with Gasteiger partial charge in [0.25, 0.3) is 0 Å². The van der Waals surface area contributed by atoms with Crippen molar-refractivity contribution in [1.29, 1.82) is 0 Å². The van der Waals surface area contributed by atoms with Crippen molar-refractivity contribution in [3.05, 3.63) is 81.6 Å². The second-order valence-corrected chi connectivity index (χ2v) is 9.97. The maximum absolute atomic E-state index is 13.2. The molecule has 0 aliphatic heterocycles. The number of rotatable bonds is 10. The van der Waals surface area contributed by atoms with Gasteiger partial charge in [0.15, 0.2) is 10.9 Å². The summed E-state index contributed by atoms with van der Waals surface area (Å²) in [5, 5.41) is 11.7. The molecule has 1 aromatic carbocycles. The van der Waals surface area contributed by atoms with Crippen LogP contribution in [0.3, 0.4) is 0 Å². The smallest absolute Gasteiger partial charge is 0.196 e. The van der Waals surface area contributed by atoms with Crippen LogP contribution in [0.15, 0.2) is 59.1 Å². The lowest BCUT2D eigenvalue weighted by Gasteiger charge is -2.17. The fourth-order valence-electron chi connectivity index (χ4n) is 4.17. The van der Waals surface area contributed by atoms with Gasteiger partial charge >= 0.3 is 0 Å². The molecule has 0 saturated carbocycles. The highest BCUT2D eigenvalue weighted by Crippen LogP contribution is 2.27. The molecule has 0 bridgehead atoms. The van der Waals surface area contributed by atoms with E-state index in [-0.39, 0.29) is 11.8 Å². The number of aromatic nitrogens is 4. The fourth-order valence-corrected chi connectivity index (χ4v) is 5.73. The summed E-state index contributed by atoms with van der Waals surface area (Å²) in [7, 11) is 1.70. The van der Waals surface area contributed by atoms with Crippen LogP contribution in [0, 0.1) is 13.8 Å². The first-order chi connectivity index (χ1) is 16.0. The highest BCUT2D eigenvalue weighted by atomic mass is 32.2. The second kappa shape index (κ2) is 10.5. The Balaban J connectivity index is 1.57. The zero-order valence-electron chi connectivity index (χ0n) is 19.3. The molecule has 0 N–H and O–H groups in total. The highest BCUT2D eigenvalue weighted by molar-refractivity contribution is 7.99. The molecule has 8 heteroatoms. The molecule has 172 valence electrons. The Bertz CT molecular complexity index is 1210. The van der Waals surface area contributed by atoms with E-state index in [2.05, 4.69) is 37.7 Å². The molecule has 3 aromatic heterocycles. The van der Waals surface area contributed by atoms with E-state index in [0.29, 0.717) is 18.8 Å². The normalized spacial score (nSPS) is 12.2. The summed E-state index contributed by atoms with van der Waals surface area (Å²) in [6.07, 6.45) is 0.701. The Kier molecular flexibility index (Phi) is 7.47. The molecular weight excluding hydrogens is 452 g/mol. The lowest BCUT2D eigenvalue weighted by Crippen LogP contribution is -2.15. The van der Waals surface area contributed by atoms with E-state index in [0.717, 1.165) is 33.6 Å². The van der Waals surface area contributed by atoms with Gasteiger partial charge in [0.2, 0.25) is 0 Å². The average molecular weight is 481 g/mol. The predicted molar refractivity (Wildman–Crippen MR) is 134 cm³/mol. The van der Waals surface area contributed by atoms with Gasteiger partial charge in [-0.05, 0) is 50.4 Å². The number of hydrogen-bond acceptors (Lipinski definition) is 6. The topological polar surface area (TPSA) is 61.9 Å². The van der Waals surface area contributed by atoms with Gasteiger partial charge in [-0.1, -0.05) is 36.0 Å². The zero-order valence-corrected chi connectivity index (χ0v) is 20.9. The van der Waals surface area contributed by atoms with Crippen molar-refractivity contribution in [3.8, 4) is 5.69 Å². The number of hydrogen-bond donors (Lipinski definition) is 0. The van der Waals surface area contributed by atoms with Crippen molar-refractivity contribution < 1.29 is 9.53 Å². The van der Waals surface area contributed by atoms with Gasteiger partial charge in [0, 0.05) is 41.0 Å². The van der Waals surface area contributed by atoms with E-state index in [1.54, 1.807) is 18.4 Å². The minimum absolute atomic E-state index is 0.0892. The quantitative estimate of drug-likeness (QED) is 0.221. The Labute approximate surface area is 202 Å². The molecule has 3 heterocycles. The van der Waals surface area contributed by atoms with Crippen molar-refractivity contribution in [3.63, 3.8) is 0 Å². The Morgan fingerprint density at radius 3 is 2.64 bits per heavy atom. The van der Waals surface area contributed by atoms with Crippen molar-refractivity contribution in [2.45, 2.75) is 38.4 Å². The predicted octanol–water partition coefficient (Wildman–Crippen LogP) is 5.52.